The first-order valence-corrected chi connectivity index (χ1v) is 5.91. The minimum atomic E-state index is -4.32. The van der Waals surface area contributed by atoms with Gasteiger partial charge in [-0.2, -0.15) is 13.2 Å². The molecule has 0 spiro atoms. The number of alkyl halides is 3. The zero-order valence-electron chi connectivity index (χ0n) is 10.4. The Kier molecular flexibility index (Phi) is 3.62. The third-order valence-corrected chi connectivity index (χ3v) is 2.94. The first kappa shape index (κ1) is 13.6. The Morgan fingerprint density at radius 3 is 2.11 bits per heavy atom. The van der Waals surface area contributed by atoms with Crippen LogP contribution in [0, 0.1) is 0 Å². The maximum absolute atomic E-state index is 12.7. The van der Waals surface area contributed by atoms with E-state index >= 15 is 0 Å². The predicted octanol–water partition coefficient (Wildman–Crippen LogP) is 4.39. The summed E-state index contributed by atoms with van der Waals surface area (Å²) in [6.07, 6.45) is -4.32. The van der Waals surface area contributed by atoms with Crippen LogP contribution in [0.1, 0.15) is 24.1 Å². The molecule has 0 aliphatic rings. The van der Waals surface area contributed by atoms with Gasteiger partial charge in [-0.25, -0.2) is 0 Å². The van der Waals surface area contributed by atoms with E-state index in [9.17, 15) is 13.2 Å². The molecule has 4 heteroatoms. The fourth-order valence-electron chi connectivity index (χ4n) is 1.88. The number of hydrogen-bond acceptors (Lipinski definition) is 1. The summed E-state index contributed by atoms with van der Waals surface area (Å²) >= 11 is 0. The van der Waals surface area contributed by atoms with E-state index in [2.05, 4.69) is 0 Å². The van der Waals surface area contributed by atoms with Crippen LogP contribution in [0.15, 0.2) is 48.5 Å². The number of nitrogens with two attached hydrogens (primary N) is 1. The first-order chi connectivity index (χ1) is 8.88. The lowest BCUT2D eigenvalue weighted by molar-refractivity contribution is -0.137. The highest BCUT2D eigenvalue weighted by Gasteiger charge is 2.30. The minimum absolute atomic E-state index is 0.147. The van der Waals surface area contributed by atoms with Gasteiger partial charge in [-0.1, -0.05) is 30.3 Å². The lowest BCUT2D eigenvalue weighted by atomic mass is 9.99. The Hall–Kier alpha value is -1.81. The summed E-state index contributed by atoms with van der Waals surface area (Å²) in [5, 5.41) is 0. The van der Waals surface area contributed by atoms with Crippen LogP contribution < -0.4 is 5.73 Å². The van der Waals surface area contributed by atoms with Gasteiger partial charge in [-0.15, -0.1) is 0 Å². The molecule has 2 aromatic rings. The summed E-state index contributed by atoms with van der Waals surface area (Å²) in [6, 6.07) is 12.4. The molecule has 1 nitrogen and oxygen atoms in total. The van der Waals surface area contributed by atoms with Crippen molar-refractivity contribution in [3.8, 4) is 11.1 Å². The van der Waals surface area contributed by atoms with Crippen LogP contribution in [0.25, 0.3) is 11.1 Å². The lowest BCUT2D eigenvalue weighted by Gasteiger charge is -2.11. The summed E-state index contributed by atoms with van der Waals surface area (Å²) in [5.74, 6) is 0. The molecule has 0 aromatic heterocycles. The highest BCUT2D eigenvalue weighted by Crippen LogP contribution is 2.32. The van der Waals surface area contributed by atoms with Crippen LogP contribution in [0.2, 0.25) is 0 Å². The second-order valence-electron chi connectivity index (χ2n) is 4.49. The summed E-state index contributed by atoms with van der Waals surface area (Å²) in [5.41, 5.74) is 7.31. The van der Waals surface area contributed by atoms with E-state index in [4.69, 9.17) is 5.73 Å². The third kappa shape index (κ3) is 3.15. The molecule has 100 valence electrons. The van der Waals surface area contributed by atoms with Crippen molar-refractivity contribution in [2.24, 2.45) is 5.73 Å². The molecule has 0 saturated heterocycles. The number of rotatable bonds is 2. The molecular formula is C15H14F3N. The zero-order valence-corrected chi connectivity index (χ0v) is 10.4. The molecule has 2 rings (SSSR count). The fraction of sp³-hybridized carbons (Fsp3) is 0.200. The van der Waals surface area contributed by atoms with Gasteiger partial charge in [0.15, 0.2) is 0 Å². The van der Waals surface area contributed by atoms with Crippen molar-refractivity contribution < 1.29 is 13.2 Å². The number of benzene rings is 2. The molecule has 0 fully saturated rings. The number of halogens is 3. The van der Waals surface area contributed by atoms with Gasteiger partial charge in [0.05, 0.1) is 5.56 Å². The summed E-state index contributed by atoms with van der Waals surface area (Å²) in [7, 11) is 0. The largest absolute Gasteiger partial charge is 0.416 e. The van der Waals surface area contributed by atoms with Crippen LogP contribution in [-0.2, 0) is 6.18 Å². The summed E-state index contributed by atoms with van der Waals surface area (Å²) in [6.45, 7) is 1.84. The van der Waals surface area contributed by atoms with Gasteiger partial charge >= 0.3 is 6.18 Å². The average molecular weight is 265 g/mol. The molecule has 2 N–H and O–H groups in total. The van der Waals surface area contributed by atoms with Gasteiger partial charge in [-0.3, -0.25) is 0 Å². The fourth-order valence-corrected chi connectivity index (χ4v) is 1.88. The molecule has 0 unspecified atom stereocenters. The van der Waals surface area contributed by atoms with Crippen LogP contribution >= 0.6 is 0 Å². The Labute approximate surface area is 109 Å². The van der Waals surface area contributed by atoms with Crippen molar-refractivity contribution in [2.45, 2.75) is 19.1 Å². The monoisotopic (exact) mass is 265 g/mol. The van der Waals surface area contributed by atoms with Crippen molar-refractivity contribution in [1.29, 1.82) is 0 Å². The van der Waals surface area contributed by atoms with E-state index in [0.717, 1.165) is 23.3 Å². The van der Waals surface area contributed by atoms with Crippen molar-refractivity contribution in [2.75, 3.05) is 0 Å². The highest BCUT2D eigenvalue weighted by molar-refractivity contribution is 5.65. The minimum Gasteiger partial charge on any atom is -0.324 e. The maximum atomic E-state index is 12.7. The lowest BCUT2D eigenvalue weighted by Crippen LogP contribution is -2.05. The topological polar surface area (TPSA) is 26.0 Å². The molecule has 0 saturated carbocycles. The highest BCUT2D eigenvalue weighted by atomic mass is 19.4. The Morgan fingerprint density at radius 1 is 0.947 bits per heavy atom. The van der Waals surface area contributed by atoms with Gasteiger partial charge < -0.3 is 5.73 Å². The molecule has 19 heavy (non-hydrogen) atoms. The van der Waals surface area contributed by atoms with E-state index in [1.54, 1.807) is 18.2 Å². The standard InChI is InChI=1S/C15H14F3N/c1-10(19)11-4-2-5-12(8-11)13-6-3-7-14(9-13)15(16,17)18/h2-10H,19H2,1H3/t10-/m1/s1. The van der Waals surface area contributed by atoms with E-state index in [0.29, 0.717) is 5.56 Å². The zero-order chi connectivity index (χ0) is 14.0. The predicted molar refractivity (Wildman–Crippen MR) is 69.5 cm³/mol. The van der Waals surface area contributed by atoms with Gasteiger partial charge in [-0.05, 0) is 41.8 Å². The average Bonchev–Trinajstić information content (AvgIpc) is 2.38. The maximum Gasteiger partial charge on any atom is 0.416 e. The van der Waals surface area contributed by atoms with Crippen LogP contribution in [0.3, 0.4) is 0 Å². The van der Waals surface area contributed by atoms with Crippen molar-refractivity contribution in [3.05, 3.63) is 59.7 Å². The third-order valence-electron chi connectivity index (χ3n) is 2.94. The summed E-state index contributed by atoms with van der Waals surface area (Å²) in [4.78, 5) is 0. The normalized spacial score (nSPS) is 13.3. The van der Waals surface area contributed by atoms with Crippen LogP contribution in [0.4, 0.5) is 13.2 Å². The van der Waals surface area contributed by atoms with Crippen molar-refractivity contribution in [3.63, 3.8) is 0 Å². The smallest absolute Gasteiger partial charge is 0.324 e. The van der Waals surface area contributed by atoms with E-state index in [1.165, 1.54) is 6.07 Å². The van der Waals surface area contributed by atoms with E-state index < -0.39 is 11.7 Å². The molecule has 0 heterocycles. The second kappa shape index (κ2) is 5.05. The SMILES string of the molecule is C[C@@H](N)c1cccc(-c2cccc(C(F)(F)F)c2)c1. The molecular weight excluding hydrogens is 251 g/mol. The molecule has 2 aromatic carbocycles. The Balaban J connectivity index is 2.45. The van der Waals surface area contributed by atoms with Gasteiger partial charge in [0.25, 0.3) is 0 Å². The van der Waals surface area contributed by atoms with Crippen LogP contribution in [0.5, 0.6) is 0 Å². The Bertz CT molecular complexity index is 574. The second-order valence-corrected chi connectivity index (χ2v) is 4.49. The molecule has 0 aliphatic heterocycles. The molecule has 0 amide bonds. The van der Waals surface area contributed by atoms with Gasteiger partial charge in [0.2, 0.25) is 0 Å². The first-order valence-electron chi connectivity index (χ1n) is 5.91. The van der Waals surface area contributed by atoms with E-state index in [1.807, 2.05) is 19.1 Å². The van der Waals surface area contributed by atoms with Gasteiger partial charge in [0, 0.05) is 6.04 Å². The molecule has 1 atom stereocenters. The quantitative estimate of drug-likeness (QED) is 0.856. The summed E-state index contributed by atoms with van der Waals surface area (Å²) < 4.78 is 38.0. The van der Waals surface area contributed by atoms with Crippen molar-refractivity contribution >= 4 is 0 Å². The van der Waals surface area contributed by atoms with Crippen molar-refractivity contribution in [1.82, 2.24) is 0 Å². The molecule has 0 aliphatic carbocycles. The van der Waals surface area contributed by atoms with Crippen LogP contribution in [-0.4, -0.2) is 0 Å². The van der Waals surface area contributed by atoms with E-state index in [-0.39, 0.29) is 6.04 Å². The molecule has 0 radical (unpaired) electrons. The Morgan fingerprint density at radius 2 is 1.53 bits per heavy atom. The number of hydrogen-bond donors (Lipinski definition) is 1. The van der Waals surface area contributed by atoms with Gasteiger partial charge in [0.1, 0.15) is 0 Å². The molecule has 0 bridgehead atoms.